The van der Waals surface area contributed by atoms with Crippen molar-refractivity contribution in [3.63, 3.8) is 0 Å². The van der Waals surface area contributed by atoms with Gasteiger partial charge in [-0.15, -0.1) is 0 Å². The number of β-amino-alcohol motifs (C(OH)–C–C–N with tert-alkyl or cyclic N) is 2. The maximum Gasteiger partial charge on any atom is 0.435 e. The van der Waals surface area contributed by atoms with E-state index in [-0.39, 0.29) is 24.7 Å². The minimum absolute atomic E-state index is 0.0961. The Hall–Kier alpha value is -1.42. The first-order chi connectivity index (χ1) is 12.3. The number of hydrogen-bond acceptors (Lipinski definition) is 6. The van der Waals surface area contributed by atoms with Crippen molar-refractivity contribution in [1.82, 2.24) is 9.88 Å². The Morgan fingerprint density at radius 1 is 1.12 bits per heavy atom. The summed E-state index contributed by atoms with van der Waals surface area (Å²) in [5.41, 5.74) is -0.772. The molecule has 0 amide bonds. The maximum atomic E-state index is 13.2. The van der Waals surface area contributed by atoms with Crippen LogP contribution in [0.25, 0.3) is 0 Å². The number of aliphatic hydroxyl groups excluding tert-OH is 3. The summed E-state index contributed by atoms with van der Waals surface area (Å²) in [6.07, 6.45) is -4.92. The van der Waals surface area contributed by atoms with Gasteiger partial charge in [0.05, 0.1) is 17.9 Å². The molecule has 1 aromatic rings. The average molecular weight is 375 g/mol. The van der Waals surface area contributed by atoms with Gasteiger partial charge in [-0.3, -0.25) is 4.90 Å². The highest BCUT2D eigenvalue weighted by Crippen LogP contribution is 2.36. The third-order valence-corrected chi connectivity index (χ3v) is 5.11. The molecule has 3 N–H and O–H groups in total. The van der Waals surface area contributed by atoms with Crippen LogP contribution in [-0.2, 0) is 6.18 Å². The molecule has 0 spiro atoms. The first kappa shape index (κ1) is 19.3. The zero-order chi connectivity index (χ0) is 18.9. The molecule has 1 unspecified atom stereocenters. The highest BCUT2D eigenvalue weighted by molar-refractivity contribution is 5.52. The van der Waals surface area contributed by atoms with E-state index in [1.807, 2.05) is 4.90 Å². The van der Waals surface area contributed by atoms with Crippen LogP contribution < -0.4 is 4.90 Å². The van der Waals surface area contributed by atoms with E-state index in [4.69, 9.17) is 0 Å². The van der Waals surface area contributed by atoms with Crippen molar-refractivity contribution in [1.29, 1.82) is 0 Å². The van der Waals surface area contributed by atoms with E-state index in [1.54, 1.807) is 4.90 Å². The van der Waals surface area contributed by atoms with E-state index < -0.39 is 30.2 Å². The average Bonchev–Trinajstić information content (AvgIpc) is 2.59. The zero-order valence-electron chi connectivity index (χ0n) is 14.3. The summed E-state index contributed by atoms with van der Waals surface area (Å²) in [6.45, 7) is 2.04. The van der Waals surface area contributed by atoms with Crippen molar-refractivity contribution in [2.75, 3.05) is 37.6 Å². The summed E-state index contributed by atoms with van der Waals surface area (Å²) in [5, 5.41) is 29.2. The SMILES string of the molecule is OC1[C@H](O)CN(C[C@@H]2CCCN(c3cccnc3C(F)(F)F)C2)C[C@@H]1O. The number of rotatable bonds is 3. The molecular formula is C17H24F3N3O3. The first-order valence-corrected chi connectivity index (χ1v) is 8.79. The van der Waals surface area contributed by atoms with Crippen LogP contribution in [0.1, 0.15) is 18.5 Å². The van der Waals surface area contributed by atoms with Gasteiger partial charge in [-0.1, -0.05) is 0 Å². The van der Waals surface area contributed by atoms with Gasteiger partial charge in [-0.05, 0) is 30.9 Å². The molecule has 6 nitrogen and oxygen atoms in total. The first-order valence-electron chi connectivity index (χ1n) is 8.79. The molecule has 9 heteroatoms. The second kappa shape index (κ2) is 7.67. The van der Waals surface area contributed by atoms with Crippen LogP contribution in [0.5, 0.6) is 0 Å². The lowest BCUT2D eigenvalue weighted by molar-refractivity contribution is -0.140. The zero-order valence-corrected chi connectivity index (χ0v) is 14.3. The smallest absolute Gasteiger partial charge is 0.389 e. The molecule has 3 rings (SSSR count). The topological polar surface area (TPSA) is 80.1 Å². The molecule has 3 heterocycles. The van der Waals surface area contributed by atoms with Crippen LogP contribution in [-0.4, -0.2) is 76.2 Å². The van der Waals surface area contributed by atoms with Crippen molar-refractivity contribution in [2.24, 2.45) is 5.92 Å². The number of halogens is 3. The van der Waals surface area contributed by atoms with Crippen molar-refractivity contribution >= 4 is 5.69 Å². The van der Waals surface area contributed by atoms with Crippen molar-refractivity contribution in [3.05, 3.63) is 24.0 Å². The van der Waals surface area contributed by atoms with Crippen LogP contribution in [0.15, 0.2) is 18.3 Å². The monoisotopic (exact) mass is 375 g/mol. The number of aliphatic hydroxyl groups is 3. The van der Waals surface area contributed by atoms with E-state index in [1.165, 1.54) is 12.1 Å². The fourth-order valence-corrected chi connectivity index (χ4v) is 3.89. The second-order valence-corrected chi connectivity index (χ2v) is 7.17. The molecule has 146 valence electrons. The standard InChI is InChI=1S/C17H24F3N3O3/c18-17(19,20)16-12(4-1-5-21-16)23-6-2-3-11(8-23)7-22-9-13(24)15(26)14(25)10-22/h1,4-5,11,13-15,24-26H,2-3,6-10H2/t11-,13-,14+,15?/m0/s1. The molecule has 26 heavy (non-hydrogen) atoms. The van der Waals surface area contributed by atoms with Crippen LogP contribution in [0.4, 0.5) is 18.9 Å². The number of alkyl halides is 3. The van der Waals surface area contributed by atoms with Crippen LogP contribution >= 0.6 is 0 Å². The lowest BCUT2D eigenvalue weighted by atomic mass is 9.94. The van der Waals surface area contributed by atoms with Gasteiger partial charge in [-0.2, -0.15) is 13.2 Å². The Morgan fingerprint density at radius 2 is 1.81 bits per heavy atom. The minimum Gasteiger partial charge on any atom is -0.389 e. The molecule has 0 bridgehead atoms. The summed E-state index contributed by atoms with van der Waals surface area (Å²) in [6, 6.07) is 2.95. The summed E-state index contributed by atoms with van der Waals surface area (Å²) in [7, 11) is 0. The van der Waals surface area contributed by atoms with Gasteiger partial charge in [0.1, 0.15) is 6.10 Å². The molecule has 1 aromatic heterocycles. The maximum absolute atomic E-state index is 13.2. The number of aromatic nitrogens is 1. The second-order valence-electron chi connectivity index (χ2n) is 7.17. The number of pyridine rings is 1. The van der Waals surface area contributed by atoms with E-state index in [2.05, 4.69) is 4.98 Å². The quantitative estimate of drug-likeness (QED) is 0.722. The molecule has 2 saturated heterocycles. The fourth-order valence-electron chi connectivity index (χ4n) is 3.89. The van der Waals surface area contributed by atoms with Gasteiger partial charge in [-0.25, -0.2) is 4.98 Å². The van der Waals surface area contributed by atoms with E-state index in [0.29, 0.717) is 19.6 Å². The van der Waals surface area contributed by atoms with Gasteiger partial charge >= 0.3 is 6.18 Å². The van der Waals surface area contributed by atoms with Crippen molar-refractivity contribution in [3.8, 4) is 0 Å². The molecule has 0 saturated carbocycles. The molecule has 2 aliphatic rings. The number of hydrogen-bond donors (Lipinski definition) is 3. The number of anilines is 1. The van der Waals surface area contributed by atoms with Gasteiger partial charge in [0.25, 0.3) is 0 Å². The predicted molar refractivity (Wildman–Crippen MR) is 88.6 cm³/mol. The summed E-state index contributed by atoms with van der Waals surface area (Å²) in [5.74, 6) is 0.111. The van der Waals surface area contributed by atoms with Crippen molar-refractivity contribution < 1.29 is 28.5 Å². The minimum atomic E-state index is -4.50. The summed E-state index contributed by atoms with van der Waals surface area (Å²) >= 11 is 0. The van der Waals surface area contributed by atoms with E-state index in [0.717, 1.165) is 19.0 Å². The molecule has 2 fully saturated rings. The van der Waals surface area contributed by atoms with Gasteiger partial charge in [0.15, 0.2) is 5.69 Å². The number of likely N-dealkylation sites (tertiary alicyclic amines) is 1. The summed E-state index contributed by atoms with van der Waals surface area (Å²) in [4.78, 5) is 7.11. The highest BCUT2D eigenvalue weighted by atomic mass is 19.4. The molecule has 0 radical (unpaired) electrons. The third kappa shape index (κ3) is 4.28. The lowest BCUT2D eigenvalue weighted by Crippen LogP contribution is -2.56. The molecule has 0 aromatic carbocycles. The molecular weight excluding hydrogens is 351 g/mol. The van der Waals surface area contributed by atoms with Gasteiger partial charge in [0, 0.05) is 38.9 Å². The van der Waals surface area contributed by atoms with Crippen LogP contribution in [0, 0.1) is 5.92 Å². The van der Waals surface area contributed by atoms with Gasteiger partial charge < -0.3 is 20.2 Å². The molecule has 0 aliphatic carbocycles. The Bertz CT molecular complexity index is 604. The Balaban J connectivity index is 1.67. The Morgan fingerprint density at radius 3 is 2.46 bits per heavy atom. The predicted octanol–water partition coefficient (Wildman–Crippen LogP) is 0.715. The number of nitrogens with zero attached hydrogens (tertiary/aromatic N) is 3. The molecule has 2 aliphatic heterocycles. The number of piperidine rings is 2. The van der Waals surface area contributed by atoms with Gasteiger partial charge in [0.2, 0.25) is 0 Å². The highest BCUT2D eigenvalue weighted by Gasteiger charge is 2.38. The van der Waals surface area contributed by atoms with Crippen molar-refractivity contribution in [2.45, 2.75) is 37.3 Å². The van der Waals surface area contributed by atoms with E-state index in [9.17, 15) is 28.5 Å². The van der Waals surface area contributed by atoms with Crippen LogP contribution in [0.2, 0.25) is 0 Å². The third-order valence-electron chi connectivity index (χ3n) is 5.11. The largest absolute Gasteiger partial charge is 0.435 e. The fraction of sp³-hybridized carbons (Fsp3) is 0.706. The Labute approximate surface area is 149 Å². The Kier molecular flexibility index (Phi) is 5.71. The van der Waals surface area contributed by atoms with E-state index >= 15 is 0 Å². The molecule has 4 atom stereocenters. The lowest BCUT2D eigenvalue weighted by Gasteiger charge is -2.41. The van der Waals surface area contributed by atoms with Crippen LogP contribution in [0.3, 0.4) is 0 Å². The summed E-state index contributed by atoms with van der Waals surface area (Å²) < 4.78 is 39.7. The normalized spacial score (nSPS) is 31.2.